The van der Waals surface area contributed by atoms with E-state index >= 15 is 0 Å². The lowest BCUT2D eigenvalue weighted by Crippen LogP contribution is -2.52. The topological polar surface area (TPSA) is 81.1 Å². The molecule has 0 N–H and O–H groups in total. The second kappa shape index (κ2) is 9.21. The number of esters is 1. The molecular weight excluding hydrogens is 434 g/mol. The molecule has 0 saturated carbocycles. The van der Waals surface area contributed by atoms with Gasteiger partial charge in [-0.15, -0.1) is 0 Å². The van der Waals surface area contributed by atoms with Gasteiger partial charge in [0.05, 0.1) is 5.56 Å². The maximum absolute atomic E-state index is 13.2. The van der Waals surface area contributed by atoms with Crippen molar-refractivity contribution in [2.24, 2.45) is 7.05 Å². The number of aryl methyl sites for hydroxylation is 1. The highest BCUT2D eigenvalue weighted by atomic mass is 16.6. The van der Waals surface area contributed by atoms with Crippen LogP contribution in [0.1, 0.15) is 28.8 Å². The van der Waals surface area contributed by atoms with Crippen LogP contribution in [0.5, 0.6) is 0 Å². The number of amides is 2. The third-order valence-electron chi connectivity index (χ3n) is 6.68. The van der Waals surface area contributed by atoms with Crippen molar-refractivity contribution in [2.75, 3.05) is 19.7 Å². The van der Waals surface area contributed by atoms with Gasteiger partial charge in [0, 0.05) is 43.3 Å². The number of hydrogen-bond donors (Lipinski definition) is 0. The summed E-state index contributed by atoms with van der Waals surface area (Å²) in [6.07, 6.45) is 2.53. The van der Waals surface area contributed by atoms with E-state index < -0.39 is 18.1 Å². The van der Waals surface area contributed by atoms with Gasteiger partial charge in [-0.05, 0) is 24.5 Å². The van der Waals surface area contributed by atoms with Crippen molar-refractivity contribution in [1.29, 1.82) is 0 Å². The van der Waals surface area contributed by atoms with Gasteiger partial charge in [0.15, 0.2) is 6.04 Å². The van der Waals surface area contributed by atoms with E-state index in [0.29, 0.717) is 31.5 Å². The molecule has 0 aliphatic carbocycles. The van der Waals surface area contributed by atoms with Crippen LogP contribution < -0.4 is 0 Å². The van der Waals surface area contributed by atoms with E-state index in [4.69, 9.17) is 9.47 Å². The minimum atomic E-state index is -0.762. The lowest BCUT2D eigenvalue weighted by molar-refractivity contribution is -0.150. The SMILES string of the molecule is Cn1cc(C(=O)N2CCC(N3C(=O)OCC3C(=O)OCc3ccccc3)CC2)c2ccccc21. The van der Waals surface area contributed by atoms with Crippen molar-refractivity contribution >= 4 is 28.9 Å². The van der Waals surface area contributed by atoms with Gasteiger partial charge in [0.1, 0.15) is 13.2 Å². The highest BCUT2D eigenvalue weighted by Crippen LogP contribution is 2.27. The molecule has 34 heavy (non-hydrogen) atoms. The zero-order valence-electron chi connectivity index (χ0n) is 19.1. The Labute approximate surface area is 197 Å². The van der Waals surface area contributed by atoms with E-state index in [2.05, 4.69) is 0 Å². The summed E-state index contributed by atoms with van der Waals surface area (Å²) < 4.78 is 12.6. The van der Waals surface area contributed by atoms with E-state index in [0.717, 1.165) is 16.5 Å². The fourth-order valence-electron chi connectivity index (χ4n) is 4.87. The van der Waals surface area contributed by atoms with Gasteiger partial charge >= 0.3 is 12.1 Å². The molecule has 2 saturated heterocycles. The van der Waals surface area contributed by atoms with Crippen molar-refractivity contribution in [3.63, 3.8) is 0 Å². The van der Waals surface area contributed by atoms with Gasteiger partial charge in [0.25, 0.3) is 5.91 Å². The summed E-state index contributed by atoms with van der Waals surface area (Å²) in [5, 5.41) is 0.932. The molecule has 2 aromatic carbocycles. The molecule has 2 fully saturated rings. The number of carbonyl (C=O) groups is 3. The molecule has 176 valence electrons. The fraction of sp³-hybridized carbons (Fsp3) is 0.346. The molecule has 5 rings (SSSR count). The Hall–Kier alpha value is -3.81. The Kier molecular flexibility index (Phi) is 5.96. The maximum Gasteiger partial charge on any atom is 0.410 e. The first-order valence-corrected chi connectivity index (χ1v) is 11.5. The number of piperidine rings is 1. The number of carbonyl (C=O) groups excluding carboxylic acids is 3. The molecule has 8 heteroatoms. The standard InChI is InChI=1S/C26H27N3O5/c1-27-15-21(20-9-5-6-10-22(20)27)24(30)28-13-11-19(12-14-28)29-23(17-34-26(29)32)25(31)33-16-18-7-3-2-4-8-18/h2-10,15,19,23H,11-14,16-17H2,1H3. The average Bonchev–Trinajstić information content (AvgIpc) is 3.43. The number of nitrogens with zero attached hydrogens (tertiary/aromatic N) is 3. The first-order valence-electron chi connectivity index (χ1n) is 11.5. The smallest absolute Gasteiger partial charge is 0.410 e. The van der Waals surface area contributed by atoms with Gasteiger partial charge < -0.3 is 18.9 Å². The molecule has 1 unspecified atom stereocenters. The number of rotatable bonds is 5. The third-order valence-corrected chi connectivity index (χ3v) is 6.68. The Morgan fingerprint density at radius 3 is 2.50 bits per heavy atom. The monoisotopic (exact) mass is 461 g/mol. The molecule has 1 aromatic heterocycles. The van der Waals surface area contributed by atoms with Gasteiger partial charge in [-0.2, -0.15) is 0 Å². The van der Waals surface area contributed by atoms with Crippen LogP contribution in [-0.2, 0) is 27.9 Å². The van der Waals surface area contributed by atoms with E-state index in [1.807, 2.05) is 77.3 Å². The highest BCUT2D eigenvalue weighted by molar-refractivity contribution is 6.07. The summed E-state index contributed by atoms with van der Waals surface area (Å²) >= 11 is 0. The average molecular weight is 462 g/mol. The first-order chi connectivity index (χ1) is 16.5. The van der Waals surface area contributed by atoms with Crippen LogP contribution in [0.4, 0.5) is 4.79 Å². The quantitative estimate of drug-likeness (QED) is 0.545. The molecule has 3 aromatic rings. The second-order valence-corrected chi connectivity index (χ2v) is 8.79. The Balaban J connectivity index is 1.22. The maximum atomic E-state index is 13.2. The number of hydrogen-bond acceptors (Lipinski definition) is 5. The van der Waals surface area contributed by atoms with Crippen molar-refractivity contribution < 1.29 is 23.9 Å². The third kappa shape index (κ3) is 4.11. The number of cyclic esters (lactones) is 1. The number of ether oxygens (including phenoxy) is 2. The van der Waals surface area contributed by atoms with Crippen LogP contribution in [0.15, 0.2) is 60.8 Å². The summed E-state index contributed by atoms with van der Waals surface area (Å²) in [5.41, 5.74) is 2.57. The van der Waals surface area contributed by atoms with Crippen LogP contribution in [-0.4, -0.2) is 64.1 Å². The summed E-state index contributed by atoms with van der Waals surface area (Å²) in [5.74, 6) is -0.484. The zero-order valence-corrected chi connectivity index (χ0v) is 19.1. The molecule has 0 bridgehead atoms. The van der Waals surface area contributed by atoms with E-state index in [1.165, 1.54) is 4.90 Å². The Bertz CT molecular complexity index is 1210. The van der Waals surface area contributed by atoms with Gasteiger partial charge in [-0.3, -0.25) is 9.69 Å². The minimum Gasteiger partial charge on any atom is -0.459 e. The summed E-state index contributed by atoms with van der Waals surface area (Å²) in [7, 11) is 1.93. The van der Waals surface area contributed by atoms with Crippen molar-refractivity contribution in [2.45, 2.75) is 31.5 Å². The molecule has 0 radical (unpaired) electrons. The van der Waals surface area contributed by atoms with E-state index in [-0.39, 0.29) is 25.2 Å². The molecule has 8 nitrogen and oxygen atoms in total. The number of para-hydroxylation sites is 1. The van der Waals surface area contributed by atoms with Crippen molar-refractivity contribution in [1.82, 2.24) is 14.4 Å². The van der Waals surface area contributed by atoms with Crippen molar-refractivity contribution in [3.05, 3.63) is 71.9 Å². The normalized spacial score (nSPS) is 18.9. The van der Waals surface area contributed by atoms with Crippen molar-refractivity contribution in [3.8, 4) is 0 Å². The lowest BCUT2D eigenvalue weighted by Gasteiger charge is -2.37. The summed E-state index contributed by atoms with van der Waals surface area (Å²) in [6.45, 7) is 1.14. The molecule has 2 aliphatic heterocycles. The number of fused-ring (bicyclic) bond motifs is 1. The molecule has 2 aliphatic rings. The van der Waals surface area contributed by atoms with E-state index in [9.17, 15) is 14.4 Å². The van der Waals surface area contributed by atoms with E-state index in [1.54, 1.807) is 0 Å². The molecular formula is C26H27N3O5. The number of aromatic nitrogens is 1. The molecule has 3 heterocycles. The Morgan fingerprint density at radius 1 is 1.03 bits per heavy atom. The number of benzene rings is 2. The van der Waals surface area contributed by atoms with Gasteiger partial charge in [0.2, 0.25) is 0 Å². The fourth-order valence-corrected chi connectivity index (χ4v) is 4.87. The highest BCUT2D eigenvalue weighted by Gasteiger charge is 2.44. The predicted molar refractivity (Wildman–Crippen MR) is 125 cm³/mol. The minimum absolute atomic E-state index is 0.0123. The molecule has 0 spiro atoms. The lowest BCUT2D eigenvalue weighted by atomic mass is 10.0. The number of likely N-dealkylation sites (tertiary alicyclic amines) is 1. The largest absolute Gasteiger partial charge is 0.459 e. The second-order valence-electron chi connectivity index (χ2n) is 8.79. The Morgan fingerprint density at radius 2 is 1.74 bits per heavy atom. The van der Waals surface area contributed by atoms with Crippen LogP contribution in [0.3, 0.4) is 0 Å². The van der Waals surface area contributed by atoms with Crippen LogP contribution in [0, 0.1) is 0 Å². The van der Waals surface area contributed by atoms with Gasteiger partial charge in [-0.25, -0.2) is 9.59 Å². The molecule has 1 atom stereocenters. The summed E-state index contributed by atoms with van der Waals surface area (Å²) in [6, 6.07) is 16.3. The predicted octanol–water partition coefficient (Wildman–Crippen LogP) is 3.35. The summed E-state index contributed by atoms with van der Waals surface area (Å²) in [4.78, 5) is 41.8. The zero-order chi connectivity index (χ0) is 23.7. The van der Waals surface area contributed by atoms with Crippen LogP contribution >= 0.6 is 0 Å². The van der Waals surface area contributed by atoms with Crippen LogP contribution in [0.2, 0.25) is 0 Å². The molecule has 2 amide bonds. The van der Waals surface area contributed by atoms with Crippen LogP contribution in [0.25, 0.3) is 10.9 Å². The first kappa shape index (κ1) is 22.0. The van der Waals surface area contributed by atoms with Gasteiger partial charge in [-0.1, -0.05) is 48.5 Å².